The second-order valence-corrected chi connectivity index (χ2v) is 6.51. The fraction of sp³-hybridized carbons (Fsp3) is 0.562. The molecule has 0 bridgehead atoms. The quantitative estimate of drug-likeness (QED) is 0.865. The SMILES string of the molecule is CN[C@H](C)c1cc(/C=C/B2OC(C)(C)C(C)(C)O2)ccn1. The largest absolute Gasteiger partial charge is 0.487 e. The lowest BCUT2D eigenvalue weighted by Crippen LogP contribution is -2.41. The predicted octanol–water partition coefficient (Wildman–Crippen LogP) is 3.01. The van der Waals surface area contributed by atoms with Crippen molar-refractivity contribution in [2.24, 2.45) is 0 Å². The fourth-order valence-corrected chi connectivity index (χ4v) is 2.11. The van der Waals surface area contributed by atoms with Gasteiger partial charge in [-0.05, 0) is 59.4 Å². The Balaban J connectivity index is 2.09. The molecule has 1 fully saturated rings. The maximum atomic E-state index is 5.95. The minimum Gasteiger partial charge on any atom is -0.400 e. The first-order valence-corrected chi connectivity index (χ1v) is 7.42. The van der Waals surface area contributed by atoms with E-state index in [1.165, 1.54) is 0 Å². The third kappa shape index (κ3) is 3.54. The lowest BCUT2D eigenvalue weighted by Gasteiger charge is -2.32. The summed E-state index contributed by atoms with van der Waals surface area (Å²) in [5, 5.41) is 3.19. The third-order valence-electron chi connectivity index (χ3n) is 4.40. The minimum absolute atomic E-state index is 0.232. The van der Waals surface area contributed by atoms with Gasteiger partial charge in [0.15, 0.2) is 0 Å². The second-order valence-electron chi connectivity index (χ2n) is 6.51. The Bertz CT molecular complexity index is 513. The summed E-state index contributed by atoms with van der Waals surface area (Å²) in [6.45, 7) is 10.3. The van der Waals surface area contributed by atoms with E-state index in [1.54, 1.807) is 0 Å². The monoisotopic (exact) mass is 288 g/mol. The van der Waals surface area contributed by atoms with Crippen molar-refractivity contribution in [2.45, 2.75) is 51.9 Å². The summed E-state index contributed by atoms with van der Waals surface area (Å²) < 4.78 is 11.9. The van der Waals surface area contributed by atoms with Crippen molar-refractivity contribution in [1.29, 1.82) is 0 Å². The first-order valence-electron chi connectivity index (χ1n) is 7.42. The molecule has 0 saturated carbocycles. The molecule has 1 N–H and O–H groups in total. The van der Waals surface area contributed by atoms with Crippen LogP contribution in [0.4, 0.5) is 0 Å². The molecule has 0 aromatic carbocycles. The van der Waals surface area contributed by atoms with Crippen molar-refractivity contribution in [3.8, 4) is 0 Å². The Kier molecular flexibility index (Phi) is 4.56. The van der Waals surface area contributed by atoms with E-state index in [2.05, 4.69) is 51.0 Å². The third-order valence-corrected chi connectivity index (χ3v) is 4.40. The molecular weight excluding hydrogens is 263 g/mol. The van der Waals surface area contributed by atoms with E-state index in [0.29, 0.717) is 0 Å². The summed E-state index contributed by atoms with van der Waals surface area (Å²) in [6, 6.07) is 4.28. The lowest BCUT2D eigenvalue weighted by molar-refractivity contribution is 0.00578. The Hall–Kier alpha value is -1.17. The van der Waals surface area contributed by atoms with Crippen LogP contribution >= 0.6 is 0 Å². The molecule has 0 unspecified atom stereocenters. The van der Waals surface area contributed by atoms with Crippen LogP contribution in [-0.4, -0.2) is 30.4 Å². The smallest absolute Gasteiger partial charge is 0.400 e. The molecule has 2 rings (SSSR count). The van der Waals surface area contributed by atoms with E-state index < -0.39 is 0 Å². The Morgan fingerprint density at radius 2 is 1.86 bits per heavy atom. The van der Waals surface area contributed by atoms with Gasteiger partial charge in [-0.25, -0.2) is 0 Å². The van der Waals surface area contributed by atoms with Crippen molar-refractivity contribution >= 4 is 13.2 Å². The molecule has 0 amide bonds. The molecule has 2 heterocycles. The van der Waals surface area contributed by atoms with E-state index in [4.69, 9.17) is 9.31 Å². The summed E-state index contributed by atoms with van der Waals surface area (Å²) in [5.41, 5.74) is 1.52. The van der Waals surface area contributed by atoms with Gasteiger partial charge in [0.2, 0.25) is 0 Å². The van der Waals surface area contributed by atoms with Crippen LogP contribution in [0.1, 0.15) is 51.9 Å². The van der Waals surface area contributed by atoms with Crippen LogP contribution in [0.15, 0.2) is 24.3 Å². The average molecular weight is 288 g/mol. The van der Waals surface area contributed by atoms with Gasteiger partial charge in [-0.3, -0.25) is 4.98 Å². The number of hydrogen-bond donors (Lipinski definition) is 1. The molecule has 21 heavy (non-hydrogen) atoms. The molecule has 0 aliphatic carbocycles. The van der Waals surface area contributed by atoms with Crippen LogP contribution in [0.25, 0.3) is 6.08 Å². The topological polar surface area (TPSA) is 43.4 Å². The van der Waals surface area contributed by atoms with Gasteiger partial charge in [-0.15, -0.1) is 0 Å². The molecule has 4 nitrogen and oxygen atoms in total. The number of nitrogens with one attached hydrogen (secondary N) is 1. The number of nitrogens with zero attached hydrogens (tertiary/aromatic N) is 1. The minimum atomic E-state index is -0.312. The summed E-state index contributed by atoms with van der Waals surface area (Å²) >= 11 is 0. The summed E-state index contributed by atoms with van der Waals surface area (Å²) in [6.07, 6.45) is 3.85. The molecular formula is C16H25BN2O2. The predicted molar refractivity (Wildman–Crippen MR) is 86.8 cm³/mol. The van der Waals surface area contributed by atoms with Crippen molar-refractivity contribution in [3.63, 3.8) is 0 Å². The van der Waals surface area contributed by atoms with E-state index in [0.717, 1.165) is 11.3 Å². The van der Waals surface area contributed by atoms with Crippen LogP contribution in [0.3, 0.4) is 0 Å². The second kappa shape index (κ2) is 5.91. The zero-order valence-electron chi connectivity index (χ0n) is 13.8. The van der Waals surface area contributed by atoms with Crippen molar-refractivity contribution in [2.75, 3.05) is 7.05 Å². The zero-order chi connectivity index (χ0) is 15.7. The molecule has 1 atom stereocenters. The Morgan fingerprint density at radius 1 is 1.24 bits per heavy atom. The average Bonchev–Trinajstić information content (AvgIpc) is 2.64. The first-order chi connectivity index (χ1) is 9.75. The van der Waals surface area contributed by atoms with Crippen LogP contribution in [0, 0.1) is 0 Å². The van der Waals surface area contributed by atoms with Gasteiger partial charge in [0.05, 0.1) is 16.9 Å². The highest BCUT2D eigenvalue weighted by Crippen LogP contribution is 2.37. The summed E-state index contributed by atoms with van der Waals surface area (Å²) in [5.74, 6) is 1.96. The maximum Gasteiger partial charge on any atom is 0.487 e. The molecule has 1 aliphatic rings. The standard InChI is InChI=1S/C16H25BN2O2/c1-12(18-6)14-11-13(8-10-19-14)7-9-17-20-15(2,3)16(4,5)21-17/h7-12,18H,1-6H3/b9-7+/t12-/m1/s1. The molecule has 0 radical (unpaired) electrons. The molecule has 1 saturated heterocycles. The summed E-state index contributed by atoms with van der Waals surface area (Å²) in [4.78, 5) is 4.38. The fourth-order valence-electron chi connectivity index (χ4n) is 2.11. The van der Waals surface area contributed by atoms with Gasteiger partial charge in [-0.2, -0.15) is 0 Å². The van der Waals surface area contributed by atoms with Crippen molar-refractivity contribution < 1.29 is 9.31 Å². The maximum absolute atomic E-state index is 5.95. The highest BCUT2D eigenvalue weighted by atomic mass is 16.7. The van der Waals surface area contributed by atoms with Crippen LogP contribution in [0.5, 0.6) is 0 Å². The number of pyridine rings is 1. The number of hydrogen-bond acceptors (Lipinski definition) is 4. The Labute approximate surface area is 128 Å². The van der Waals surface area contributed by atoms with Gasteiger partial charge < -0.3 is 14.6 Å². The van der Waals surface area contributed by atoms with Crippen molar-refractivity contribution in [3.05, 3.63) is 35.6 Å². The van der Waals surface area contributed by atoms with Gasteiger partial charge >= 0.3 is 7.12 Å². The molecule has 1 aliphatic heterocycles. The van der Waals surface area contributed by atoms with E-state index in [1.807, 2.05) is 31.4 Å². The zero-order valence-corrected chi connectivity index (χ0v) is 13.8. The van der Waals surface area contributed by atoms with Crippen LogP contribution in [0.2, 0.25) is 0 Å². The highest BCUT2D eigenvalue weighted by molar-refractivity contribution is 6.52. The molecule has 1 aromatic heterocycles. The highest BCUT2D eigenvalue weighted by Gasteiger charge is 2.49. The summed E-state index contributed by atoms with van der Waals surface area (Å²) in [7, 11) is 1.62. The normalized spacial score (nSPS) is 21.9. The molecule has 5 heteroatoms. The molecule has 1 aromatic rings. The van der Waals surface area contributed by atoms with E-state index in [9.17, 15) is 0 Å². The number of rotatable bonds is 4. The van der Waals surface area contributed by atoms with Gasteiger partial charge in [0.1, 0.15) is 0 Å². The molecule has 0 spiro atoms. The van der Waals surface area contributed by atoms with E-state index in [-0.39, 0.29) is 24.4 Å². The first kappa shape index (κ1) is 16.2. The lowest BCUT2D eigenvalue weighted by atomic mass is 9.89. The van der Waals surface area contributed by atoms with Gasteiger partial charge in [0.25, 0.3) is 0 Å². The van der Waals surface area contributed by atoms with Gasteiger partial charge in [0, 0.05) is 12.2 Å². The van der Waals surface area contributed by atoms with Crippen LogP contribution in [-0.2, 0) is 9.31 Å². The number of aromatic nitrogens is 1. The van der Waals surface area contributed by atoms with E-state index >= 15 is 0 Å². The van der Waals surface area contributed by atoms with Crippen molar-refractivity contribution in [1.82, 2.24) is 10.3 Å². The van der Waals surface area contributed by atoms with Gasteiger partial charge in [-0.1, -0.05) is 12.1 Å². The Morgan fingerprint density at radius 3 is 2.43 bits per heavy atom. The molecule has 114 valence electrons. The van der Waals surface area contributed by atoms with Crippen LogP contribution < -0.4 is 5.32 Å².